The zero-order chi connectivity index (χ0) is 8.27. The third-order valence-corrected chi connectivity index (χ3v) is 4.45. The van der Waals surface area contributed by atoms with Crippen molar-refractivity contribution in [1.29, 1.82) is 0 Å². The second-order valence-electron chi connectivity index (χ2n) is 2.99. The van der Waals surface area contributed by atoms with Crippen molar-refractivity contribution >= 4 is 36.6 Å². The summed E-state index contributed by atoms with van der Waals surface area (Å²) in [4.78, 5) is 0. The lowest BCUT2D eigenvalue weighted by atomic mass is 10.2. The van der Waals surface area contributed by atoms with Crippen LogP contribution in [0.15, 0.2) is 24.3 Å². The summed E-state index contributed by atoms with van der Waals surface area (Å²) in [6, 6.07) is 8.81. The van der Waals surface area contributed by atoms with Gasteiger partial charge in [-0.05, 0) is 5.56 Å². The number of halogens is 1. The molecule has 0 aromatic heterocycles. The smallest absolute Gasteiger partial charge is 0.0651 e. The van der Waals surface area contributed by atoms with Gasteiger partial charge >= 0.3 is 0 Å². The van der Waals surface area contributed by atoms with Crippen LogP contribution in [0.5, 0.6) is 0 Å². The first-order valence-corrected chi connectivity index (χ1v) is 8.30. The summed E-state index contributed by atoms with van der Waals surface area (Å²) < 4.78 is 1.15. The predicted molar refractivity (Wildman–Crippen MR) is 62.7 cm³/mol. The second kappa shape index (κ2) is 4.26. The molecular formula is C9H13ISi. The molecule has 0 aliphatic carbocycles. The Morgan fingerprint density at radius 1 is 1.27 bits per heavy atom. The molecule has 0 spiro atoms. The average molecular weight is 276 g/mol. The van der Waals surface area contributed by atoms with Gasteiger partial charge in [-0.1, -0.05) is 65.1 Å². The molecule has 1 rings (SSSR count). The van der Waals surface area contributed by atoms with E-state index in [1.165, 1.54) is 5.56 Å². The Morgan fingerprint density at radius 3 is 2.36 bits per heavy atom. The highest BCUT2D eigenvalue weighted by molar-refractivity contribution is 14.1. The van der Waals surface area contributed by atoms with E-state index in [0.29, 0.717) is 0 Å². The van der Waals surface area contributed by atoms with Crippen LogP contribution in [0.3, 0.4) is 0 Å². The monoisotopic (exact) mass is 276 g/mol. The van der Waals surface area contributed by atoms with Gasteiger partial charge in [0.15, 0.2) is 0 Å². The fraction of sp³-hybridized carbons (Fsp3) is 0.333. The van der Waals surface area contributed by atoms with E-state index < -0.39 is 8.80 Å². The second-order valence-corrected chi connectivity index (χ2v) is 6.68. The summed E-state index contributed by atoms with van der Waals surface area (Å²) >= 11 is 2.43. The Labute approximate surface area is 83.8 Å². The minimum absolute atomic E-state index is 0.591. The van der Waals surface area contributed by atoms with Gasteiger partial charge in [-0.3, -0.25) is 0 Å². The quantitative estimate of drug-likeness (QED) is 0.442. The van der Waals surface area contributed by atoms with E-state index in [-0.39, 0.29) is 0 Å². The zero-order valence-corrected chi connectivity index (χ0v) is 10.3. The highest BCUT2D eigenvalue weighted by Crippen LogP contribution is 2.03. The van der Waals surface area contributed by atoms with Crippen LogP contribution >= 0.6 is 22.6 Å². The first-order valence-electron chi connectivity index (χ1n) is 3.89. The molecule has 0 saturated heterocycles. The van der Waals surface area contributed by atoms with Crippen LogP contribution in [-0.4, -0.2) is 8.80 Å². The molecule has 1 aromatic carbocycles. The first kappa shape index (κ1) is 9.26. The van der Waals surface area contributed by atoms with Crippen molar-refractivity contribution in [3.05, 3.63) is 29.8 Å². The van der Waals surface area contributed by atoms with E-state index in [9.17, 15) is 0 Å². The number of alkyl halides is 1. The van der Waals surface area contributed by atoms with E-state index in [1.54, 1.807) is 5.19 Å². The minimum Gasteiger partial charge on any atom is -0.0812 e. The van der Waals surface area contributed by atoms with Gasteiger partial charge in [0.05, 0.1) is 8.80 Å². The van der Waals surface area contributed by atoms with Crippen LogP contribution in [-0.2, 0) is 4.43 Å². The molecule has 11 heavy (non-hydrogen) atoms. The Balaban J connectivity index is 3.02. The Bertz CT molecular complexity index is 233. The van der Waals surface area contributed by atoms with Crippen molar-refractivity contribution in [3.8, 4) is 0 Å². The summed E-state index contributed by atoms with van der Waals surface area (Å²) in [6.07, 6.45) is 0. The topological polar surface area (TPSA) is 0 Å². The largest absolute Gasteiger partial charge is 0.0812 e. The number of hydrogen-bond donors (Lipinski definition) is 0. The third kappa shape index (κ3) is 2.30. The van der Waals surface area contributed by atoms with Crippen molar-refractivity contribution in [3.63, 3.8) is 0 Å². The van der Waals surface area contributed by atoms with E-state index in [0.717, 1.165) is 4.43 Å². The lowest BCUT2D eigenvalue weighted by Crippen LogP contribution is -2.25. The van der Waals surface area contributed by atoms with Crippen molar-refractivity contribution in [2.75, 3.05) is 0 Å². The maximum atomic E-state index is 2.43. The molecule has 0 atom stereocenters. The molecular weight excluding hydrogens is 263 g/mol. The van der Waals surface area contributed by atoms with Gasteiger partial charge in [0.25, 0.3) is 0 Å². The van der Waals surface area contributed by atoms with Crippen molar-refractivity contribution in [2.45, 2.75) is 17.5 Å². The fourth-order valence-electron chi connectivity index (χ4n) is 1.22. The summed E-state index contributed by atoms with van der Waals surface area (Å²) in [5, 5.41) is 1.63. The standard InChI is InChI=1S/C9H13ISi/c1-11(2)9-6-4-3-5-8(9)7-10/h3-6,11H,7H2,1-2H3. The SMILES string of the molecule is C[SiH](C)c1ccccc1CI. The van der Waals surface area contributed by atoms with Crippen molar-refractivity contribution in [2.24, 2.45) is 0 Å². The van der Waals surface area contributed by atoms with Crippen LogP contribution in [0.1, 0.15) is 5.56 Å². The van der Waals surface area contributed by atoms with Crippen LogP contribution in [0.25, 0.3) is 0 Å². The third-order valence-electron chi connectivity index (χ3n) is 1.82. The molecule has 0 unspecified atom stereocenters. The summed E-state index contributed by atoms with van der Waals surface area (Å²) in [7, 11) is -0.591. The maximum absolute atomic E-state index is 2.43. The molecule has 0 fully saturated rings. The number of rotatable bonds is 2. The van der Waals surface area contributed by atoms with Gasteiger partial charge in [0, 0.05) is 4.43 Å². The summed E-state index contributed by atoms with van der Waals surface area (Å²) in [6.45, 7) is 4.76. The highest BCUT2D eigenvalue weighted by atomic mass is 127. The normalized spacial score (nSPS) is 10.5. The van der Waals surface area contributed by atoms with Crippen LogP contribution in [0, 0.1) is 0 Å². The predicted octanol–water partition coefficient (Wildman–Crippen LogP) is 2.32. The van der Waals surface area contributed by atoms with Crippen LogP contribution in [0.2, 0.25) is 13.1 Å². The Kier molecular flexibility index (Phi) is 3.58. The Hall–Kier alpha value is 0.167. The molecule has 60 valence electrons. The molecule has 0 radical (unpaired) electrons. The molecule has 0 bridgehead atoms. The molecule has 0 nitrogen and oxygen atoms in total. The average Bonchev–Trinajstić information content (AvgIpc) is 2.04. The fourth-order valence-corrected chi connectivity index (χ4v) is 3.77. The van der Waals surface area contributed by atoms with Crippen LogP contribution < -0.4 is 5.19 Å². The lowest BCUT2D eigenvalue weighted by Gasteiger charge is -2.08. The van der Waals surface area contributed by atoms with Gasteiger partial charge in [0.1, 0.15) is 0 Å². The van der Waals surface area contributed by atoms with Gasteiger partial charge in [0.2, 0.25) is 0 Å². The molecule has 2 heteroatoms. The zero-order valence-electron chi connectivity index (χ0n) is 6.97. The van der Waals surface area contributed by atoms with Gasteiger partial charge in [-0.25, -0.2) is 0 Å². The molecule has 0 saturated carbocycles. The molecule has 0 aliphatic rings. The van der Waals surface area contributed by atoms with Gasteiger partial charge in [-0.15, -0.1) is 0 Å². The molecule has 0 amide bonds. The summed E-state index contributed by atoms with van der Waals surface area (Å²) in [5.74, 6) is 0. The van der Waals surface area contributed by atoms with Crippen molar-refractivity contribution < 1.29 is 0 Å². The highest BCUT2D eigenvalue weighted by Gasteiger charge is 2.03. The number of hydrogen-bond acceptors (Lipinski definition) is 0. The van der Waals surface area contributed by atoms with E-state index in [2.05, 4.69) is 60.0 Å². The number of benzene rings is 1. The van der Waals surface area contributed by atoms with E-state index >= 15 is 0 Å². The maximum Gasteiger partial charge on any atom is 0.0651 e. The first-order chi connectivity index (χ1) is 5.25. The van der Waals surface area contributed by atoms with Gasteiger partial charge in [-0.2, -0.15) is 0 Å². The van der Waals surface area contributed by atoms with Gasteiger partial charge < -0.3 is 0 Å². The summed E-state index contributed by atoms with van der Waals surface area (Å²) in [5.41, 5.74) is 1.54. The minimum atomic E-state index is -0.591. The van der Waals surface area contributed by atoms with Crippen LogP contribution in [0.4, 0.5) is 0 Å². The molecule has 0 heterocycles. The molecule has 0 N–H and O–H groups in total. The lowest BCUT2D eigenvalue weighted by molar-refractivity contribution is 1.49. The molecule has 1 aromatic rings. The van der Waals surface area contributed by atoms with Crippen molar-refractivity contribution in [1.82, 2.24) is 0 Å². The van der Waals surface area contributed by atoms with E-state index in [1.807, 2.05) is 0 Å². The molecule has 0 aliphatic heterocycles. The van der Waals surface area contributed by atoms with E-state index in [4.69, 9.17) is 0 Å². The Morgan fingerprint density at radius 2 is 1.91 bits per heavy atom.